The summed E-state index contributed by atoms with van der Waals surface area (Å²) in [5.74, 6) is 0.436. The Kier molecular flexibility index (Phi) is 6.12. The van der Waals surface area contributed by atoms with E-state index in [0.717, 1.165) is 36.7 Å². The first-order valence-corrected chi connectivity index (χ1v) is 10.3. The Bertz CT molecular complexity index is 1170. The number of alkyl halides is 3. The van der Waals surface area contributed by atoms with Crippen molar-refractivity contribution < 1.29 is 22.8 Å². The molecule has 0 fully saturated rings. The van der Waals surface area contributed by atoms with Crippen LogP contribution in [0.5, 0.6) is 0 Å². The van der Waals surface area contributed by atoms with Crippen molar-refractivity contribution in [2.45, 2.75) is 38.9 Å². The van der Waals surface area contributed by atoms with Crippen LogP contribution in [0.25, 0.3) is 11.1 Å². The van der Waals surface area contributed by atoms with Gasteiger partial charge in [-0.15, -0.1) is 0 Å². The summed E-state index contributed by atoms with van der Waals surface area (Å²) in [6.07, 6.45) is -0.267. The smallest absolute Gasteiger partial charge is 0.311 e. The molecule has 0 radical (unpaired) electrons. The molecule has 1 N–H and O–H groups in total. The molecule has 0 spiro atoms. The van der Waals surface area contributed by atoms with Crippen molar-refractivity contribution in [2.75, 3.05) is 16.8 Å². The van der Waals surface area contributed by atoms with Gasteiger partial charge >= 0.3 is 6.18 Å². The van der Waals surface area contributed by atoms with E-state index in [9.17, 15) is 22.8 Å². The number of rotatable bonds is 5. The molecule has 0 unspecified atom stereocenters. The zero-order valence-corrected chi connectivity index (χ0v) is 17.8. The molecule has 0 saturated heterocycles. The topological polar surface area (TPSA) is 93.0 Å². The number of amides is 2. The maximum atomic E-state index is 12.9. The lowest BCUT2D eigenvalue weighted by Gasteiger charge is -2.27. The number of anilines is 2. The average Bonchev–Trinajstić information content (AvgIpc) is 3.17. The Morgan fingerprint density at radius 2 is 1.88 bits per heavy atom. The standard InChI is InChI=1S/C22H21F3N6O2/c1-14-9-20-30(7-2-8-31(20)29-14)21(33)6-5-19(32)28-18-4-3-15(12-27-18)16-10-17(13-26-11-16)22(23,24)25/h3-4,9-13H,2,5-8H2,1H3,(H,27,28,32). The minimum absolute atomic E-state index is 0.0244. The number of halogens is 3. The molecule has 0 bridgehead atoms. The maximum Gasteiger partial charge on any atom is 0.417 e. The lowest BCUT2D eigenvalue weighted by Crippen LogP contribution is -2.37. The normalized spacial score (nSPS) is 13.5. The molecule has 0 aromatic carbocycles. The van der Waals surface area contributed by atoms with Gasteiger partial charge in [0.2, 0.25) is 11.8 Å². The van der Waals surface area contributed by atoms with Crippen LogP contribution in [0.3, 0.4) is 0 Å². The van der Waals surface area contributed by atoms with Gasteiger partial charge in [-0.05, 0) is 31.5 Å². The number of aromatic nitrogens is 4. The first-order chi connectivity index (χ1) is 15.7. The Morgan fingerprint density at radius 1 is 1.06 bits per heavy atom. The monoisotopic (exact) mass is 458 g/mol. The van der Waals surface area contributed by atoms with E-state index in [1.54, 1.807) is 15.6 Å². The zero-order chi connectivity index (χ0) is 23.6. The fraction of sp³-hybridized carbons (Fsp3) is 0.318. The maximum absolute atomic E-state index is 12.9. The minimum atomic E-state index is -4.49. The molecule has 3 aromatic heterocycles. The summed E-state index contributed by atoms with van der Waals surface area (Å²) in [6.45, 7) is 3.20. The summed E-state index contributed by atoms with van der Waals surface area (Å²) in [5.41, 5.74) is 0.669. The Hall–Kier alpha value is -3.76. The van der Waals surface area contributed by atoms with E-state index in [-0.39, 0.29) is 36.0 Å². The van der Waals surface area contributed by atoms with E-state index < -0.39 is 11.7 Å². The molecule has 172 valence electrons. The molecule has 2 amide bonds. The minimum Gasteiger partial charge on any atom is -0.311 e. The van der Waals surface area contributed by atoms with E-state index >= 15 is 0 Å². The molecule has 0 atom stereocenters. The first-order valence-electron chi connectivity index (χ1n) is 10.3. The van der Waals surface area contributed by atoms with Crippen LogP contribution in [-0.4, -0.2) is 38.1 Å². The van der Waals surface area contributed by atoms with Gasteiger partial charge in [0.15, 0.2) is 0 Å². The summed E-state index contributed by atoms with van der Waals surface area (Å²) in [6, 6.07) is 5.87. The van der Waals surface area contributed by atoms with Gasteiger partial charge in [-0.3, -0.25) is 19.5 Å². The van der Waals surface area contributed by atoms with Gasteiger partial charge in [0.25, 0.3) is 0 Å². The number of carbonyl (C=O) groups excluding carboxylic acids is 2. The molecular formula is C22H21F3N6O2. The second-order valence-corrected chi connectivity index (χ2v) is 7.71. The van der Waals surface area contributed by atoms with Crippen LogP contribution in [0.4, 0.5) is 24.8 Å². The van der Waals surface area contributed by atoms with Crippen LogP contribution in [0.2, 0.25) is 0 Å². The van der Waals surface area contributed by atoms with Gasteiger partial charge in [-0.2, -0.15) is 18.3 Å². The molecule has 1 aliphatic rings. The summed E-state index contributed by atoms with van der Waals surface area (Å²) in [7, 11) is 0. The summed E-state index contributed by atoms with van der Waals surface area (Å²) in [4.78, 5) is 34.3. The summed E-state index contributed by atoms with van der Waals surface area (Å²) >= 11 is 0. The van der Waals surface area contributed by atoms with Gasteiger partial charge in [0.05, 0.1) is 11.3 Å². The molecule has 0 aliphatic carbocycles. The highest BCUT2D eigenvalue weighted by Gasteiger charge is 2.31. The van der Waals surface area contributed by atoms with Crippen LogP contribution in [0.15, 0.2) is 42.9 Å². The van der Waals surface area contributed by atoms with Crippen molar-refractivity contribution in [3.05, 3.63) is 54.1 Å². The number of carbonyl (C=O) groups is 2. The number of aryl methyl sites for hydroxylation is 2. The Labute approximate surface area is 187 Å². The number of hydrogen-bond donors (Lipinski definition) is 1. The number of pyridine rings is 2. The molecule has 3 aromatic rings. The highest BCUT2D eigenvalue weighted by molar-refractivity contribution is 5.97. The number of nitrogens with zero attached hydrogens (tertiary/aromatic N) is 5. The van der Waals surface area contributed by atoms with Crippen LogP contribution < -0.4 is 10.2 Å². The summed E-state index contributed by atoms with van der Waals surface area (Å²) < 4.78 is 40.4. The fourth-order valence-electron chi connectivity index (χ4n) is 3.61. The zero-order valence-electron chi connectivity index (χ0n) is 17.8. The molecule has 8 nitrogen and oxygen atoms in total. The average molecular weight is 458 g/mol. The van der Waals surface area contributed by atoms with Crippen LogP contribution >= 0.6 is 0 Å². The lowest BCUT2D eigenvalue weighted by molar-refractivity contribution is -0.137. The second-order valence-electron chi connectivity index (χ2n) is 7.71. The highest BCUT2D eigenvalue weighted by atomic mass is 19.4. The quantitative estimate of drug-likeness (QED) is 0.628. The van der Waals surface area contributed by atoms with Crippen molar-refractivity contribution in [1.82, 2.24) is 19.7 Å². The largest absolute Gasteiger partial charge is 0.417 e. The second kappa shape index (κ2) is 9.00. The number of fused-ring (bicyclic) bond motifs is 1. The van der Waals surface area contributed by atoms with Crippen LogP contribution in [0.1, 0.15) is 30.5 Å². The van der Waals surface area contributed by atoms with Crippen LogP contribution in [-0.2, 0) is 22.3 Å². The molecular weight excluding hydrogens is 437 g/mol. The number of hydrogen-bond acceptors (Lipinski definition) is 5. The molecule has 4 heterocycles. The third kappa shape index (κ3) is 5.18. The number of nitrogens with one attached hydrogen (secondary N) is 1. The lowest BCUT2D eigenvalue weighted by atomic mass is 10.1. The Morgan fingerprint density at radius 3 is 2.61 bits per heavy atom. The third-order valence-corrected chi connectivity index (χ3v) is 5.21. The molecule has 0 saturated carbocycles. The van der Waals surface area contributed by atoms with Crippen molar-refractivity contribution in [1.29, 1.82) is 0 Å². The van der Waals surface area contributed by atoms with Gasteiger partial charge < -0.3 is 5.32 Å². The van der Waals surface area contributed by atoms with Gasteiger partial charge in [0, 0.05) is 61.7 Å². The molecule has 33 heavy (non-hydrogen) atoms. The van der Waals surface area contributed by atoms with Gasteiger partial charge in [0.1, 0.15) is 11.6 Å². The van der Waals surface area contributed by atoms with E-state index in [2.05, 4.69) is 20.4 Å². The summed E-state index contributed by atoms with van der Waals surface area (Å²) in [5, 5.41) is 6.96. The van der Waals surface area contributed by atoms with E-state index in [1.165, 1.54) is 18.5 Å². The van der Waals surface area contributed by atoms with E-state index in [0.29, 0.717) is 12.1 Å². The highest BCUT2D eigenvalue weighted by Crippen LogP contribution is 2.31. The van der Waals surface area contributed by atoms with Gasteiger partial charge in [-0.1, -0.05) is 0 Å². The van der Waals surface area contributed by atoms with Crippen molar-refractivity contribution in [2.24, 2.45) is 0 Å². The third-order valence-electron chi connectivity index (χ3n) is 5.21. The van der Waals surface area contributed by atoms with Crippen molar-refractivity contribution in [3.63, 3.8) is 0 Å². The first kappa shape index (κ1) is 22.4. The SMILES string of the molecule is Cc1cc2n(n1)CCCN2C(=O)CCC(=O)Nc1ccc(-c2cncc(C(F)(F)F)c2)cn1. The van der Waals surface area contributed by atoms with Crippen molar-refractivity contribution in [3.8, 4) is 11.1 Å². The van der Waals surface area contributed by atoms with Crippen molar-refractivity contribution >= 4 is 23.5 Å². The molecule has 4 rings (SSSR count). The molecule has 11 heteroatoms. The predicted octanol–water partition coefficient (Wildman–Crippen LogP) is 3.82. The predicted molar refractivity (Wildman–Crippen MR) is 114 cm³/mol. The fourth-order valence-corrected chi connectivity index (χ4v) is 3.61. The van der Waals surface area contributed by atoms with Crippen LogP contribution in [0, 0.1) is 6.92 Å². The van der Waals surface area contributed by atoms with E-state index in [4.69, 9.17) is 0 Å². The van der Waals surface area contributed by atoms with E-state index in [1.807, 2.05) is 13.0 Å². The molecule has 1 aliphatic heterocycles. The Balaban J connectivity index is 1.34. The van der Waals surface area contributed by atoms with Gasteiger partial charge in [-0.25, -0.2) is 9.67 Å².